The van der Waals surface area contributed by atoms with Crippen LogP contribution in [0.15, 0.2) is 18.3 Å². The van der Waals surface area contributed by atoms with Crippen LogP contribution in [0.2, 0.25) is 0 Å². The number of aromatic amines is 1. The van der Waals surface area contributed by atoms with Gasteiger partial charge in [-0.05, 0) is 31.5 Å². The monoisotopic (exact) mass is 235 g/mol. The molecule has 1 aliphatic rings. The molecule has 0 radical (unpaired) electrons. The van der Waals surface area contributed by atoms with Crippen LogP contribution in [0.5, 0.6) is 0 Å². The van der Waals surface area contributed by atoms with Crippen molar-refractivity contribution >= 4 is 11.7 Å². The molecule has 5 nitrogen and oxygen atoms in total. The third-order valence-corrected chi connectivity index (χ3v) is 3.16. The van der Waals surface area contributed by atoms with Gasteiger partial charge in [0.05, 0.1) is 18.3 Å². The Kier molecular flexibility index (Phi) is 3.58. The predicted molar refractivity (Wildman–Crippen MR) is 63.8 cm³/mol. The van der Waals surface area contributed by atoms with Gasteiger partial charge in [0.15, 0.2) is 5.78 Å². The highest BCUT2D eigenvalue weighted by Crippen LogP contribution is 2.17. The molecule has 1 aromatic heterocycles. The first kappa shape index (κ1) is 11.9. The van der Waals surface area contributed by atoms with Crippen LogP contribution in [0.1, 0.15) is 23.3 Å². The number of likely N-dealkylation sites (N-methyl/N-ethyl adjacent to an activating group) is 1. The van der Waals surface area contributed by atoms with Gasteiger partial charge in [-0.2, -0.15) is 0 Å². The molecule has 2 N–H and O–H groups in total. The summed E-state index contributed by atoms with van der Waals surface area (Å²) in [7, 11) is 1.63. The topological polar surface area (TPSA) is 65.2 Å². The number of hydrogen-bond acceptors (Lipinski definition) is 3. The van der Waals surface area contributed by atoms with E-state index in [9.17, 15) is 9.59 Å². The van der Waals surface area contributed by atoms with E-state index in [4.69, 9.17) is 0 Å². The van der Waals surface area contributed by atoms with E-state index in [0.717, 1.165) is 19.4 Å². The lowest BCUT2D eigenvalue weighted by molar-refractivity contribution is -0.124. The first-order valence-electron chi connectivity index (χ1n) is 5.84. The van der Waals surface area contributed by atoms with Crippen molar-refractivity contribution in [1.82, 2.24) is 15.2 Å². The van der Waals surface area contributed by atoms with E-state index in [1.165, 1.54) is 0 Å². The number of nitrogens with one attached hydrogen (secondary N) is 2. The summed E-state index contributed by atoms with van der Waals surface area (Å²) in [4.78, 5) is 28.4. The van der Waals surface area contributed by atoms with Gasteiger partial charge in [-0.15, -0.1) is 0 Å². The molecule has 0 spiro atoms. The fourth-order valence-electron chi connectivity index (χ4n) is 2.25. The number of hydrogen-bond donors (Lipinski definition) is 2. The van der Waals surface area contributed by atoms with E-state index in [-0.39, 0.29) is 17.7 Å². The van der Waals surface area contributed by atoms with Gasteiger partial charge in [0.25, 0.3) is 0 Å². The second kappa shape index (κ2) is 5.14. The van der Waals surface area contributed by atoms with Crippen LogP contribution in [0.25, 0.3) is 0 Å². The lowest BCUT2D eigenvalue weighted by atomic mass is 10.2. The maximum absolute atomic E-state index is 11.9. The van der Waals surface area contributed by atoms with Gasteiger partial charge in [0.1, 0.15) is 0 Å². The molecule has 1 aliphatic heterocycles. The van der Waals surface area contributed by atoms with E-state index in [1.807, 2.05) is 4.90 Å². The zero-order valence-corrected chi connectivity index (χ0v) is 9.90. The predicted octanol–water partition coefficient (Wildman–Crippen LogP) is 0.408. The summed E-state index contributed by atoms with van der Waals surface area (Å²) in [6, 6.07) is 3.40. The number of amides is 1. The molecular weight excluding hydrogens is 218 g/mol. The molecule has 1 fully saturated rings. The van der Waals surface area contributed by atoms with Gasteiger partial charge < -0.3 is 10.3 Å². The quantitative estimate of drug-likeness (QED) is 0.743. The third kappa shape index (κ3) is 2.55. The number of likely N-dealkylation sites (tertiary alicyclic amines) is 1. The molecule has 0 aliphatic carbocycles. The molecule has 1 aromatic rings. The first-order chi connectivity index (χ1) is 8.22. The van der Waals surface area contributed by atoms with Crippen LogP contribution in [0.4, 0.5) is 0 Å². The fraction of sp³-hybridized carbons (Fsp3) is 0.500. The first-order valence-corrected chi connectivity index (χ1v) is 5.84. The summed E-state index contributed by atoms with van der Waals surface area (Å²) in [5, 5.41) is 2.65. The number of rotatable bonds is 4. The van der Waals surface area contributed by atoms with Gasteiger partial charge in [-0.1, -0.05) is 0 Å². The summed E-state index contributed by atoms with van der Waals surface area (Å²) < 4.78 is 0. The molecular formula is C12H17N3O2. The molecule has 92 valence electrons. The minimum Gasteiger partial charge on any atom is -0.359 e. The van der Waals surface area contributed by atoms with Gasteiger partial charge in [-0.3, -0.25) is 14.5 Å². The average Bonchev–Trinajstić information content (AvgIpc) is 2.98. The second-order valence-electron chi connectivity index (χ2n) is 4.25. The van der Waals surface area contributed by atoms with E-state index in [1.54, 1.807) is 25.4 Å². The van der Waals surface area contributed by atoms with Crippen molar-refractivity contribution in [1.29, 1.82) is 0 Å². The summed E-state index contributed by atoms with van der Waals surface area (Å²) >= 11 is 0. The molecule has 0 aromatic carbocycles. The highest BCUT2D eigenvalue weighted by molar-refractivity contribution is 5.96. The van der Waals surface area contributed by atoms with Gasteiger partial charge in [-0.25, -0.2) is 0 Å². The van der Waals surface area contributed by atoms with Crippen LogP contribution >= 0.6 is 0 Å². The van der Waals surface area contributed by atoms with E-state index >= 15 is 0 Å². The molecule has 1 unspecified atom stereocenters. The Bertz CT molecular complexity index is 400. The van der Waals surface area contributed by atoms with Crippen LogP contribution in [-0.4, -0.2) is 47.8 Å². The Balaban J connectivity index is 1.98. The highest BCUT2D eigenvalue weighted by atomic mass is 16.2. The summed E-state index contributed by atoms with van der Waals surface area (Å²) in [5.74, 6) is 0.0348. The van der Waals surface area contributed by atoms with Crippen LogP contribution in [0, 0.1) is 0 Å². The van der Waals surface area contributed by atoms with Crippen molar-refractivity contribution in [3.63, 3.8) is 0 Å². The van der Waals surface area contributed by atoms with Crippen molar-refractivity contribution in [2.75, 3.05) is 20.1 Å². The van der Waals surface area contributed by atoms with E-state index in [0.29, 0.717) is 12.2 Å². The van der Waals surface area contributed by atoms with E-state index in [2.05, 4.69) is 10.3 Å². The average molecular weight is 235 g/mol. The molecule has 0 saturated carbocycles. The van der Waals surface area contributed by atoms with Crippen molar-refractivity contribution in [2.45, 2.75) is 18.9 Å². The molecule has 1 atom stereocenters. The van der Waals surface area contributed by atoms with E-state index < -0.39 is 0 Å². The van der Waals surface area contributed by atoms with Gasteiger partial charge in [0, 0.05) is 13.2 Å². The number of carbonyl (C=O) groups excluding carboxylic acids is 2. The number of Topliss-reactive ketones (excluding diaryl/α,β-unsaturated/α-hetero) is 1. The molecule has 17 heavy (non-hydrogen) atoms. The van der Waals surface area contributed by atoms with Crippen molar-refractivity contribution in [3.05, 3.63) is 24.0 Å². The minimum atomic E-state index is -0.154. The van der Waals surface area contributed by atoms with Gasteiger partial charge >= 0.3 is 0 Å². The normalized spacial score (nSPS) is 20.4. The lowest BCUT2D eigenvalue weighted by Gasteiger charge is -2.21. The van der Waals surface area contributed by atoms with Gasteiger partial charge in [0.2, 0.25) is 5.91 Å². The lowest BCUT2D eigenvalue weighted by Crippen LogP contribution is -2.44. The Hall–Kier alpha value is -1.62. The Labute approximate surface area is 100 Å². The number of ketones is 1. The smallest absolute Gasteiger partial charge is 0.237 e. The third-order valence-electron chi connectivity index (χ3n) is 3.16. The Morgan fingerprint density at radius 2 is 2.41 bits per heavy atom. The molecule has 1 saturated heterocycles. The maximum atomic E-state index is 11.9. The molecule has 0 bridgehead atoms. The molecule has 2 heterocycles. The highest BCUT2D eigenvalue weighted by Gasteiger charge is 2.31. The Morgan fingerprint density at radius 1 is 1.59 bits per heavy atom. The molecule has 1 amide bonds. The zero-order chi connectivity index (χ0) is 12.3. The van der Waals surface area contributed by atoms with Crippen molar-refractivity contribution in [2.24, 2.45) is 0 Å². The summed E-state index contributed by atoms with van der Waals surface area (Å²) in [6.07, 6.45) is 3.53. The number of carbonyl (C=O) groups is 2. The summed E-state index contributed by atoms with van der Waals surface area (Å²) in [6.45, 7) is 1.11. The minimum absolute atomic E-state index is 0.00165. The molecule has 5 heteroatoms. The standard InChI is InChI=1S/C12H17N3O2/c1-13-12(17)10-5-3-7-15(10)8-11(16)9-4-2-6-14-9/h2,4,6,10,14H,3,5,7-8H2,1H3,(H,13,17). The maximum Gasteiger partial charge on any atom is 0.237 e. The molecule has 2 rings (SSSR count). The number of nitrogens with zero attached hydrogens (tertiary/aromatic N) is 1. The second-order valence-corrected chi connectivity index (χ2v) is 4.25. The van der Waals surface area contributed by atoms with Crippen molar-refractivity contribution < 1.29 is 9.59 Å². The SMILES string of the molecule is CNC(=O)C1CCCN1CC(=O)c1ccc[nH]1. The van der Waals surface area contributed by atoms with Crippen LogP contribution < -0.4 is 5.32 Å². The fourth-order valence-corrected chi connectivity index (χ4v) is 2.25. The van der Waals surface area contributed by atoms with Crippen LogP contribution in [-0.2, 0) is 4.79 Å². The summed E-state index contributed by atoms with van der Waals surface area (Å²) in [5.41, 5.74) is 0.604. The Morgan fingerprint density at radius 3 is 3.06 bits per heavy atom. The largest absolute Gasteiger partial charge is 0.359 e. The van der Waals surface area contributed by atoms with Crippen molar-refractivity contribution in [3.8, 4) is 0 Å². The van der Waals surface area contributed by atoms with Crippen LogP contribution in [0.3, 0.4) is 0 Å². The number of H-pyrrole nitrogens is 1. The number of aromatic nitrogens is 1. The zero-order valence-electron chi connectivity index (χ0n) is 9.90.